The Balaban J connectivity index is 1.45. The van der Waals surface area contributed by atoms with Crippen molar-refractivity contribution < 1.29 is 27.5 Å². The van der Waals surface area contributed by atoms with Gasteiger partial charge in [0.25, 0.3) is 0 Å². The number of fused-ring (bicyclic) bond motifs is 2. The van der Waals surface area contributed by atoms with Gasteiger partial charge in [0.15, 0.2) is 0 Å². The smallest absolute Gasteiger partial charge is 0.416 e. The average Bonchev–Trinajstić information content (AvgIpc) is 3.42. The third kappa shape index (κ3) is 4.71. The van der Waals surface area contributed by atoms with Crippen LogP contribution < -0.4 is 14.5 Å². The van der Waals surface area contributed by atoms with Crippen LogP contribution in [0.25, 0.3) is 0 Å². The summed E-state index contributed by atoms with van der Waals surface area (Å²) in [6.07, 6.45) is -4.65. The molecule has 1 fully saturated rings. The number of anilines is 1. The molecule has 0 spiro atoms. The van der Waals surface area contributed by atoms with Crippen molar-refractivity contribution in [1.29, 1.82) is 0 Å². The highest BCUT2D eigenvalue weighted by molar-refractivity contribution is 8.00. The molecule has 0 radical (unpaired) electrons. The minimum Gasteiger partial charge on any atom is -0.489 e. The number of thioether (sulfide) groups is 1. The van der Waals surface area contributed by atoms with Gasteiger partial charge in [-0.15, -0.1) is 0 Å². The van der Waals surface area contributed by atoms with Gasteiger partial charge in [-0.2, -0.15) is 13.2 Å². The van der Waals surface area contributed by atoms with Crippen LogP contribution in [0.5, 0.6) is 5.75 Å². The first kappa shape index (κ1) is 26.7. The van der Waals surface area contributed by atoms with E-state index in [4.69, 9.17) is 16.3 Å². The maximum atomic E-state index is 13.9. The number of alkyl halides is 3. The molecule has 0 aliphatic carbocycles. The molecule has 1 aromatic heterocycles. The molecule has 0 bridgehead atoms. The van der Waals surface area contributed by atoms with E-state index in [2.05, 4.69) is 4.98 Å². The number of amides is 2. The van der Waals surface area contributed by atoms with Crippen LogP contribution >= 0.6 is 34.7 Å². The Kier molecular flexibility index (Phi) is 6.76. The Morgan fingerprint density at radius 3 is 2.48 bits per heavy atom. The number of hydrogen-bond acceptors (Lipinski definition) is 6. The number of halogens is 4. The van der Waals surface area contributed by atoms with Gasteiger partial charge in [-0.25, -0.2) is 4.90 Å². The molecule has 40 heavy (non-hydrogen) atoms. The molecule has 1 N–H and O–H groups in total. The van der Waals surface area contributed by atoms with Crippen LogP contribution in [-0.2, 0) is 22.4 Å². The molecule has 1 saturated heterocycles. The summed E-state index contributed by atoms with van der Waals surface area (Å²) >= 11 is 8.33. The number of carbonyl (C=O) groups is 2. The summed E-state index contributed by atoms with van der Waals surface area (Å²) in [7, 11) is 0. The van der Waals surface area contributed by atoms with Crippen LogP contribution in [-0.4, -0.2) is 22.0 Å². The van der Waals surface area contributed by atoms with Crippen molar-refractivity contribution in [1.82, 2.24) is 4.98 Å². The number of aromatic nitrogens is 1. The Labute approximate surface area is 238 Å². The van der Waals surface area contributed by atoms with Gasteiger partial charge in [0, 0.05) is 21.4 Å². The van der Waals surface area contributed by atoms with Crippen LogP contribution in [0.1, 0.15) is 27.5 Å². The van der Waals surface area contributed by atoms with E-state index in [9.17, 15) is 27.6 Å². The number of nitrogens with zero attached hydrogens (tertiary/aromatic N) is 1. The molecule has 2 amide bonds. The number of imide groups is 1. The van der Waals surface area contributed by atoms with E-state index in [1.807, 2.05) is 30.3 Å². The van der Waals surface area contributed by atoms with E-state index < -0.39 is 40.6 Å². The standard InChI is InChI=1S/C28H18ClF3N2O4S2/c29-16-9-10-19(38-13-14-5-2-1-3-6-14)18(12-16)20-21-23(39-24-22(20)40-27(37)33-24)26(36)34(25(21)35)17-8-4-7-15(11-17)28(30,31)32/h1-12,20-21,23H,13H2,(H,33,37). The predicted molar refractivity (Wildman–Crippen MR) is 146 cm³/mol. The summed E-state index contributed by atoms with van der Waals surface area (Å²) in [4.78, 5) is 43.7. The quantitative estimate of drug-likeness (QED) is 0.264. The first-order valence-electron chi connectivity index (χ1n) is 12.0. The SMILES string of the molecule is O=C1C2Sc3[nH]c(=O)sc3C(c3cc(Cl)ccc3OCc3ccccc3)C2C(=O)N1c1cccc(C(F)(F)F)c1. The fourth-order valence-corrected chi connectivity index (χ4v) is 7.74. The van der Waals surface area contributed by atoms with Crippen LogP contribution in [0.3, 0.4) is 0 Å². The van der Waals surface area contributed by atoms with Gasteiger partial charge >= 0.3 is 11.0 Å². The monoisotopic (exact) mass is 602 g/mol. The molecule has 204 valence electrons. The number of nitrogens with one attached hydrogen (secondary N) is 1. The molecule has 3 unspecified atom stereocenters. The van der Waals surface area contributed by atoms with Gasteiger partial charge in [-0.05, 0) is 42.0 Å². The fraction of sp³-hybridized carbons (Fsp3) is 0.179. The minimum absolute atomic E-state index is 0.165. The zero-order valence-corrected chi connectivity index (χ0v) is 22.7. The predicted octanol–water partition coefficient (Wildman–Crippen LogP) is 6.48. The number of aromatic amines is 1. The Bertz CT molecular complexity index is 1690. The lowest BCUT2D eigenvalue weighted by atomic mass is 9.82. The van der Waals surface area contributed by atoms with Crippen LogP contribution in [0.4, 0.5) is 18.9 Å². The van der Waals surface area contributed by atoms with Crippen molar-refractivity contribution in [2.75, 3.05) is 4.90 Å². The molecular formula is C28H18ClF3N2O4S2. The van der Waals surface area contributed by atoms with Crippen molar-refractivity contribution in [3.8, 4) is 5.75 Å². The summed E-state index contributed by atoms with van der Waals surface area (Å²) in [6, 6.07) is 18.5. The molecule has 6 nitrogen and oxygen atoms in total. The third-order valence-electron chi connectivity index (χ3n) is 6.80. The molecule has 3 aromatic carbocycles. The lowest BCUT2D eigenvalue weighted by Crippen LogP contribution is -2.32. The Morgan fingerprint density at radius 2 is 1.73 bits per heavy atom. The van der Waals surface area contributed by atoms with Gasteiger partial charge in [0.05, 0.1) is 22.2 Å². The van der Waals surface area contributed by atoms with E-state index in [1.54, 1.807) is 18.2 Å². The van der Waals surface area contributed by atoms with Crippen LogP contribution in [0.2, 0.25) is 5.02 Å². The summed E-state index contributed by atoms with van der Waals surface area (Å²) in [5, 5.41) is -0.194. The number of hydrogen-bond donors (Lipinski definition) is 1. The summed E-state index contributed by atoms with van der Waals surface area (Å²) in [5.41, 5.74) is 0.263. The summed E-state index contributed by atoms with van der Waals surface area (Å²) < 4.78 is 46.4. The Morgan fingerprint density at radius 1 is 0.950 bits per heavy atom. The molecule has 0 saturated carbocycles. The highest BCUT2D eigenvalue weighted by Gasteiger charge is 2.57. The molecular weight excluding hydrogens is 585 g/mol. The van der Waals surface area contributed by atoms with Gasteiger partial charge in [-0.3, -0.25) is 14.4 Å². The summed E-state index contributed by atoms with van der Waals surface area (Å²) in [6.45, 7) is 0.213. The largest absolute Gasteiger partial charge is 0.489 e. The number of H-pyrrole nitrogens is 1. The number of thiazole rings is 1. The molecule has 12 heteroatoms. The van der Waals surface area contributed by atoms with E-state index >= 15 is 0 Å². The van der Waals surface area contributed by atoms with Crippen molar-refractivity contribution >= 4 is 52.2 Å². The third-order valence-corrected chi connectivity index (χ3v) is 9.44. The van der Waals surface area contributed by atoms with Crippen LogP contribution in [0.15, 0.2) is 82.6 Å². The van der Waals surface area contributed by atoms with Crippen molar-refractivity contribution in [3.63, 3.8) is 0 Å². The molecule has 3 atom stereocenters. The summed E-state index contributed by atoms with van der Waals surface area (Å²) in [5.74, 6) is -2.72. The van der Waals surface area contributed by atoms with Gasteiger partial charge < -0.3 is 9.72 Å². The Hall–Kier alpha value is -3.54. The minimum atomic E-state index is -4.65. The number of ether oxygens (including phenoxy) is 1. The highest BCUT2D eigenvalue weighted by atomic mass is 35.5. The first-order chi connectivity index (χ1) is 19.1. The topological polar surface area (TPSA) is 79.5 Å². The van der Waals surface area contributed by atoms with E-state index in [0.29, 0.717) is 26.2 Å². The lowest BCUT2D eigenvalue weighted by molar-refractivity contribution is -0.137. The second-order valence-electron chi connectivity index (χ2n) is 9.27. The van der Waals surface area contributed by atoms with Gasteiger partial charge in [0.1, 0.15) is 17.6 Å². The maximum absolute atomic E-state index is 13.9. The highest BCUT2D eigenvalue weighted by Crippen LogP contribution is 2.55. The molecule has 2 aliphatic heterocycles. The fourth-order valence-electron chi connectivity index (χ4n) is 5.06. The second kappa shape index (κ2) is 10.1. The first-order valence-corrected chi connectivity index (χ1v) is 14.1. The number of carbonyl (C=O) groups excluding carboxylic acids is 2. The van der Waals surface area contributed by atoms with E-state index in [0.717, 1.165) is 51.8 Å². The van der Waals surface area contributed by atoms with Crippen molar-refractivity contribution in [2.45, 2.75) is 29.0 Å². The van der Waals surface area contributed by atoms with E-state index in [-0.39, 0.29) is 17.2 Å². The lowest BCUT2D eigenvalue weighted by Gasteiger charge is -2.31. The van der Waals surface area contributed by atoms with E-state index in [1.165, 1.54) is 6.07 Å². The van der Waals surface area contributed by atoms with Crippen molar-refractivity contribution in [3.05, 3.63) is 109 Å². The van der Waals surface area contributed by atoms with Crippen LogP contribution in [0, 0.1) is 5.92 Å². The zero-order chi connectivity index (χ0) is 28.2. The molecule has 2 aliphatic rings. The zero-order valence-electron chi connectivity index (χ0n) is 20.3. The maximum Gasteiger partial charge on any atom is 0.416 e. The number of rotatable bonds is 5. The van der Waals surface area contributed by atoms with Crippen molar-refractivity contribution in [2.24, 2.45) is 5.92 Å². The molecule has 3 heterocycles. The normalized spacial score (nSPS) is 20.4. The number of benzene rings is 3. The molecule has 6 rings (SSSR count). The van der Waals surface area contributed by atoms with Gasteiger partial charge in [0.2, 0.25) is 11.8 Å². The molecule has 4 aromatic rings. The average molecular weight is 603 g/mol. The second-order valence-corrected chi connectivity index (χ2v) is 11.9. The van der Waals surface area contributed by atoms with Gasteiger partial charge in [-0.1, -0.05) is 71.1 Å².